The first-order valence-corrected chi connectivity index (χ1v) is 7.98. The Morgan fingerprint density at radius 2 is 1.55 bits per heavy atom. The van der Waals surface area contributed by atoms with Crippen molar-refractivity contribution in [3.05, 3.63) is 59.6 Å². The molecule has 0 fully saturated rings. The first-order valence-electron chi connectivity index (χ1n) is 6.12. The fourth-order valence-corrected chi connectivity index (χ4v) is 2.80. The molecule has 0 spiro atoms. The predicted octanol–water partition coefficient (Wildman–Crippen LogP) is 2.73. The largest absolute Gasteiger partial charge is 0.384 e. The van der Waals surface area contributed by atoms with Crippen molar-refractivity contribution in [2.45, 2.75) is 4.90 Å². The van der Waals surface area contributed by atoms with Crippen LogP contribution >= 0.6 is 11.6 Å². The van der Waals surface area contributed by atoms with Gasteiger partial charge in [-0.05, 0) is 36.4 Å². The summed E-state index contributed by atoms with van der Waals surface area (Å²) in [6.45, 7) is 0.816. The van der Waals surface area contributed by atoms with Gasteiger partial charge in [0.25, 0.3) is 0 Å². The molecule has 0 heterocycles. The van der Waals surface area contributed by atoms with Crippen LogP contribution in [0.1, 0.15) is 0 Å². The molecule has 0 atom stereocenters. The molecule has 2 N–H and O–H groups in total. The molecule has 0 radical (unpaired) electrons. The SMILES string of the molecule is O=S(=O)(NCCNc1ccccc1)c1ccc(Cl)cc1. The smallest absolute Gasteiger partial charge is 0.240 e. The first kappa shape index (κ1) is 14.8. The van der Waals surface area contributed by atoms with Crippen molar-refractivity contribution < 1.29 is 8.42 Å². The number of halogens is 1. The fourth-order valence-electron chi connectivity index (χ4n) is 1.65. The van der Waals surface area contributed by atoms with Crippen LogP contribution in [0.25, 0.3) is 0 Å². The Hall–Kier alpha value is -1.56. The maximum absolute atomic E-state index is 12.0. The zero-order chi connectivity index (χ0) is 14.4. The Bertz CT molecular complexity index is 643. The van der Waals surface area contributed by atoms with E-state index in [2.05, 4.69) is 10.0 Å². The molecule has 0 aliphatic rings. The molecule has 2 aromatic rings. The minimum Gasteiger partial charge on any atom is -0.384 e. The van der Waals surface area contributed by atoms with Crippen molar-refractivity contribution >= 4 is 27.3 Å². The van der Waals surface area contributed by atoms with E-state index >= 15 is 0 Å². The maximum Gasteiger partial charge on any atom is 0.240 e. The van der Waals surface area contributed by atoms with Crippen LogP contribution < -0.4 is 10.0 Å². The molecule has 2 aromatic carbocycles. The van der Waals surface area contributed by atoms with Gasteiger partial charge in [0.1, 0.15) is 0 Å². The number of anilines is 1. The molecule has 0 bridgehead atoms. The second kappa shape index (κ2) is 6.74. The molecule has 0 aromatic heterocycles. The van der Waals surface area contributed by atoms with Crippen LogP contribution in [0.3, 0.4) is 0 Å². The van der Waals surface area contributed by atoms with Gasteiger partial charge in [-0.25, -0.2) is 13.1 Å². The van der Waals surface area contributed by atoms with E-state index in [0.29, 0.717) is 18.1 Å². The molecule has 0 aliphatic heterocycles. The number of hydrogen-bond acceptors (Lipinski definition) is 3. The van der Waals surface area contributed by atoms with Crippen molar-refractivity contribution in [2.24, 2.45) is 0 Å². The van der Waals surface area contributed by atoms with Crippen LogP contribution in [0.4, 0.5) is 5.69 Å². The zero-order valence-electron chi connectivity index (χ0n) is 10.7. The Morgan fingerprint density at radius 1 is 0.900 bits per heavy atom. The fraction of sp³-hybridized carbons (Fsp3) is 0.143. The average Bonchev–Trinajstić information content (AvgIpc) is 2.45. The van der Waals surface area contributed by atoms with Gasteiger partial charge in [0.15, 0.2) is 0 Å². The Balaban J connectivity index is 1.85. The third-order valence-corrected chi connectivity index (χ3v) is 4.37. The lowest BCUT2D eigenvalue weighted by Crippen LogP contribution is -2.28. The summed E-state index contributed by atoms with van der Waals surface area (Å²) >= 11 is 5.73. The lowest BCUT2D eigenvalue weighted by atomic mass is 10.3. The predicted molar refractivity (Wildman–Crippen MR) is 81.6 cm³/mol. The van der Waals surface area contributed by atoms with E-state index in [0.717, 1.165) is 5.69 Å². The molecule has 0 saturated heterocycles. The molecule has 106 valence electrons. The topological polar surface area (TPSA) is 58.2 Å². The number of hydrogen-bond donors (Lipinski definition) is 2. The summed E-state index contributed by atoms with van der Waals surface area (Å²) in [4.78, 5) is 0.210. The van der Waals surface area contributed by atoms with Crippen molar-refractivity contribution in [3.8, 4) is 0 Å². The summed E-state index contributed by atoms with van der Waals surface area (Å²) in [5.41, 5.74) is 0.957. The van der Waals surface area contributed by atoms with Gasteiger partial charge < -0.3 is 5.32 Å². The molecule has 6 heteroatoms. The Kier molecular flexibility index (Phi) is 5.00. The molecule has 0 aliphatic carbocycles. The van der Waals surface area contributed by atoms with Crippen molar-refractivity contribution in [3.63, 3.8) is 0 Å². The van der Waals surface area contributed by atoms with Gasteiger partial charge in [-0.1, -0.05) is 29.8 Å². The second-order valence-corrected chi connectivity index (χ2v) is 6.35. The highest BCUT2D eigenvalue weighted by atomic mass is 35.5. The molecule has 4 nitrogen and oxygen atoms in total. The monoisotopic (exact) mass is 310 g/mol. The van der Waals surface area contributed by atoms with Gasteiger partial charge in [0, 0.05) is 23.8 Å². The van der Waals surface area contributed by atoms with E-state index in [1.54, 1.807) is 12.1 Å². The van der Waals surface area contributed by atoms with E-state index in [4.69, 9.17) is 11.6 Å². The van der Waals surface area contributed by atoms with Crippen LogP contribution in [-0.4, -0.2) is 21.5 Å². The molecular weight excluding hydrogens is 296 g/mol. The van der Waals surface area contributed by atoms with Gasteiger partial charge >= 0.3 is 0 Å². The molecule has 20 heavy (non-hydrogen) atoms. The van der Waals surface area contributed by atoms with E-state index in [-0.39, 0.29) is 4.90 Å². The average molecular weight is 311 g/mol. The summed E-state index contributed by atoms with van der Waals surface area (Å²) in [5, 5.41) is 3.64. The number of benzene rings is 2. The summed E-state index contributed by atoms with van der Waals surface area (Å²) in [7, 11) is -3.48. The second-order valence-electron chi connectivity index (χ2n) is 4.14. The zero-order valence-corrected chi connectivity index (χ0v) is 12.3. The summed E-state index contributed by atoms with van der Waals surface area (Å²) < 4.78 is 26.5. The summed E-state index contributed by atoms with van der Waals surface area (Å²) in [6, 6.07) is 15.7. The van der Waals surface area contributed by atoms with Gasteiger partial charge in [-0.3, -0.25) is 0 Å². The van der Waals surface area contributed by atoms with E-state index in [9.17, 15) is 8.42 Å². The van der Waals surface area contributed by atoms with E-state index in [1.165, 1.54) is 12.1 Å². The minimum absolute atomic E-state index is 0.210. The minimum atomic E-state index is -3.48. The highest BCUT2D eigenvalue weighted by molar-refractivity contribution is 7.89. The van der Waals surface area contributed by atoms with Crippen molar-refractivity contribution in [2.75, 3.05) is 18.4 Å². The summed E-state index contributed by atoms with van der Waals surface area (Å²) in [5.74, 6) is 0. The third kappa shape index (κ3) is 4.23. The van der Waals surface area contributed by atoms with Gasteiger partial charge in [0.05, 0.1) is 4.90 Å². The number of para-hydroxylation sites is 1. The van der Waals surface area contributed by atoms with E-state index in [1.807, 2.05) is 30.3 Å². The lowest BCUT2D eigenvalue weighted by Gasteiger charge is -2.08. The standard InChI is InChI=1S/C14H15ClN2O2S/c15-12-6-8-14(9-7-12)20(18,19)17-11-10-16-13-4-2-1-3-5-13/h1-9,16-17H,10-11H2. The molecule has 0 unspecified atom stereocenters. The van der Waals surface area contributed by atoms with E-state index < -0.39 is 10.0 Å². The van der Waals surface area contributed by atoms with Crippen LogP contribution in [0.2, 0.25) is 5.02 Å². The normalized spacial score (nSPS) is 11.2. The highest BCUT2D eigenvalue weighted by Gasteiger charge is 2.12. The van der Waals surface area contributed by atoms with Gasteiger partial charge in [-0.15, -0.1) is 0 Å². The van der Waals surface area contributed by atoms with Gasteiger partial charge in [0.2, 0.25) is 10.0 Å². The number of nitrogens with one attached hydrogen (secondary N) is 2. The number of rotatable bonds is 6. The number of sulfonamides is 1. The van der Waals surface area contributed by atoms with Crippen LogP contribution in [0, 0.1) is 0 Å². The molecule has 0 saturated carbocycles. The Morgan fingerprint density at radius 3 is 2.20 bits per heavy atom. The van der Waals surface area contributed by atoms with Gasteiger partial charge in [-0.2, -0.15) is 0 Å². The quantitative estimate of drug-likeness (QED) is 0.807. The van der Waals surface area contributed by atoms with Crippen LogP contribution in [0.15, 0.2) is 59.5 Å². The highest BCUT2D eigenvalue weighted by Crippen LogP contribution is 2.13. The third-order valence-electron chi connectivity index (χ3n) is 2.64. The molecule has 2 rings (SSSR count). The Labute approximate surface area is 123 Å². The molecule has 0 amide bonds. The first-order chi connectivity index (χ1) is 9.58. The molecular formula is C14H15ClN2O2S. The lowest BCUT2D eigenvalue weighted by molar-refractivity contribution is 0.583. The summed E-state index contributed by atoms with van der Waals surface area (Å²) in [6.07, 6.45) is 0. The maximum atomic E-state index is 12.0. The van der Waals surface area contributed by atoms with Crippen molar-refractivity contribution in [1.29, 1.82) is 0 Å². The van der Waals surface area contributed by atoms with Crippen LogP contribution in [0.5, 0.6) is 0 Å². The van der Waals surface area contributed by atoms with Crippen molar-refractivity contribution in [1.82, 2.24) is 4.72 Å². The van der Waals surface area contributed by atoms with Crippen LogP contribution in [-0.2, 0) is 10.0 Å².